The largest absolute Gasteiger partial charge is 0.480 e. The summed E-state index contributed by atoms with van der Waals surface area (Å²) in [5.41, 5.74) is -0.256. The summed E-state index contributed by atoms with van der Waals surface area (Å²) >= 11 is 0. The number of aliphatic carboxylic acids is 1. The SMILES string of the molecule is O=C(O)[C@H]1C[C@@H](O)CN1C(=O)Cn1cc([N+](=O)[O-])cn1. The maximum absolute atomic E-state index is 12.0. The van der Waals surface area contributed by atoms with Crippen molar-refractivity contribution in [3.8, 4) is 0 Å². The van der Waals surface area contributed by atoms with Crippen molar-refractivity contribution in [2.75, 3.05) is 6.54 Å². The Bertz CT molecular complexity index is 556. The Morgan fingerprint density at radius 1 is 1.55 bits per heavy atom. The van der Waals surface area contributed by atoms with Crippen molar-refractivity contribution in [3.05, 3.63) is 22.5 Å². The molecule has 1 saturated heterocycles. The highest BCUT2D eigenvalue weighted by Crippen LogP contribution is 2.19. The molecule has 2 rings (SSSR count). The standard InChI is InChI=1S/C10H12N4O6/c15-7-1-8(10(17)18)13(4-7)9(16)5-12-3-6(2-11-12)14(19)20/h2-3,7-8,15H,1,4-5H2,(H,17,18)/t7-,8-/m1/s1. The second kappa shape index (κ2) is 5.25. The fraction of sp³-hybridized carbons (Fsp3) is 0.500. The quantitative estimate of drug-likeness (QED) is 0.525. The predicted octanol–water partition coefficient (Wildman–Crippen LogP) is -1.16. The third-order valence-electron chi connectivity index (χ3n) is 3.01. The van der Waals surface area contributed by atoms with Gasteiger partial charge in [-0.2, -0.15) is 5.10 Å². The second-order valence-electron chi connectivity index (χ2n) is 4.44. The molecule has 0 unspecified atom stereocenters. The van der Waals surface area contributed by atoms with Crippen LogP contribution in [-0.4, -0.2) is 60.4 Å². The van der Waals surface area contributed by atoms with Gasteiger partial charge < -0.3 is 15.1 Å². The average Bonchev–Trinajstić information content (AvgIpc) is 2.95. The lowest BCUT2D eigenvalue weighted by Gasteiger charge is -2.20. The minimum atomic E-state index is -1.19. The number of hydrogen-bond acceptors (Lipinski definition) is 6. The van der Waals surface area contributed by atoms with Crippen molar-refractivity contribution in [2.45, 2.75) is 25.1 Å². The number of carboxylic acids is 1. The number of nitro groups is 1. The number of amides is 1. The number of rotatable bonds is 4. The van der Waals surface area contributed by atoms with Gasteiger partial charge in [0.15, 0.2) is 0 Å². The molecule has 0 bridgehead atoms. The molecule has 2 atom stereocenters. The highest BCUT2D eigenvalue weighted by Gasteiger charge is 2.38. The number of aromatic nitrogens is 2. The van der Waals surface area contributed by atoms with Crippen molar-refractivity contribution in [2.24, 2.45) is 0 Å². The van der Waals surface area contributed by atoms with Crippen molar-refractivity contribution >= 4 is 17.6 Å². The number of nitrogens with zero attached hydrogens (tertiary/aromatic N) is 4. The van der Waals surface area contributed by atoms with Crippen molar-refractivity contribution in [3.63, 3.8) is 0 Å². The number of carbonyl (C=O) groups excluding carboxylic acids is 1. The van der Waals surface area contributed by atoms with Gasteiger partial charge in [0.25, 0.3) is 0 Å². The normalized spacial score (nSPS) is 21.9. The smallest absolute Gasteiger partial charge is 0.326 e. The molecule has 10 nitrogen and oxygen atoms in total. The molecule has 1 aliphatic rings. The first-order chi connectivity index (χ1) is 9.38. The van der Waals surface area contributed by atoms with Crippen LogP contribution >= 0.6 is 0 Å². The number of likely N-dealkylation sites (tertiary alicyclic amines) is 1. The molecular formula is C10H12N4O6. The minimum absolute atomic E-state index is 0.0275. The van der Waals surface area contributed by atoms with E-state index in [9.17, 15) is 24.8 Å². The van der Waals surface area contributed by atoms with Crippen molar-refractivity contribution in [1.29, 1.82) is 0 Å². The Labute approximate surface area is 112 Å². The first-order valence-electron chi connectivity index (χ1n) is 5.75. The second-order valence-corrected chi connectivity index (χ2v) is 4.44. The lowest BCUT2D eigenvalue weighted by atomic mass is 10.2. The van der Waals surface area contributed by atoms with Gasteiger partial charge in [0.1, 0.15) is 25.0 Å². The highest BCUT2D eigenvalue weighted by atomic mass is 16.6. The molecule has 1 amide bonds. The first-order valence-corrected chi connectivity index (χ1v) is 5.75. The number of β-amino-alcohol motifs (C(OH)–C–C–N with tert-alkyl or cyclic N) is 1. The molecule has 1 aromatic heterocycles. The van der Waals surface area contributed by atoms with Gasteiger partial charge in [-0.1, -0.05) is 0 Å². The fourth-order valence-electron chi connectivity index (χ4n) is 2.09. The van der Waals surface area contributed by atoms with E-state index in [4.69, 9.17) is 5.11 Å². The van der Waals surface area contributed by atoms with E-state index in [2.05, 4.69) is 5.10 Å². The van der Waals surface area contributed by atoms with Crippen LogP contribution in [0.25, 0.3) is 0 Å². The molecule has 1 aromatic rings. The van der Waals surface area contributed by atoms with E-state index in [0.29, 0.717) is 0 Å². The number of carboxylic acid groups (broad SMARTS) is 1. The number of carbonyl (C=O) groups is 2. The average molecular weight is 284 g/mol. The summed E-state index contributed by atoms with van der Waals surface area (Å²) in [4.78, 5) is 33.8. The molecule has 0 radical (unpaired) electrons. The van der Waals surface area contributed by atoms with Crippen LogP contribution in [0.4, 0.5) is 5.69 Å². The minimum Gasteiger partial charge on any atom is -0.480 e. The zero-order chi connectivity index (χ0) is 14.9. The molecule has 0 saturated carbocycles. The van der Waals surface area contributed by atoms with Gasteiger partial charge in [0.2, 0.25) is 5.91 Å². The summed E-state index contributed by atoms with van der Waals surface area (Å²) in [5, 5.41) is 32.6. The van der Waals surface area contributed by atoms with Crippen LogP contribution in [0.2, 0.25) is 0 Å². The van der Waals surface area contributed by atoms with Crippen LogP contribution in [0.5, 0.6) is 0 Å². The maximum Gasteiger partial charge on any atom is 0.326 e. The van der Waals surface area contributed by atoms with Gasteiger partial charge in [-0.15, -0.1) is 0 Å². The Morgan fingerprint density at radius 2 is 2.25 bits per heavy atom. The fourth-order valence-corrected chi connectivity index (χ4v) is 2.09. The summed E-state index contributed by atoms with van der Waals surface area (Å²) in [6.07, 6.45) is 1.17. The summed E-state index contributed by atoms with van der Waals surface area (Å²) in [6.45, 7) is -0.385. The van der Waals surface area contributed by atoms with Gasteiger partial charge in [-0.05, 0) is 0 Å². The van der Waals surface area contributed by atoms with E-state index < -0.39 is 28.9 Å². The van der Waals surface area contributed by atoms with Crippen LogP contribution in [0.3, 0.4) is 0 Å². The first kappa shape index (κ1) is 13.9. The van der Waals surface area contributed by atoms with E-state index in [0.717, 1.165) is 22.0 Å². The molecule has 108 valence electrons. The Kier molecular flexibility index (Phi) is 3.66. The Morgan fingerprint density at radius 3 is 2.80 bits per heavy atom. The van der Waals surface area contributed by atoms with Crippen LogP contribution in [0.1, 0.15) is 6.42 Å². The maximum atomic E-state index is 12.0. The molecule has 2 heterocycles. The molecular weight excluding hydrogens is 272 g/mol. The monoisotopic (exact) mass is 284 g/mol. The van der Waals surface area contributed by atoms with Crippen molar-refractivity contribution < 1.29 is 24.7 Å². The number of hydrogen-bond donors (Lipinski definition) is 2. The summed E-state index contributed by atoms with van der Waals surface area (Å²) < 4.78 is 1.06. The third kappa shape index (κ3) is 2.74. The van der Waals surface area contributed by atoms with Gasteiger partial charge in [0, 0.05) is 13.0 Å². The van der Waals surface area contributed by atoms with Gasteiger partial charge in [-0.3, -0.25) is 19.6 Å². The van der Waals surface area contributed by atoms with E-state index in [-0.39, 0.29) is 25.2 Å². The zero-order valence-corrected chi connectivity index (χ0v) is 10.2. The molecule has 1 aliphatic heterocycles. The Hall–Kier alpha value is -2.49. The van der Waals surface area contributed by atoms with Gasteiger partial charge >= 0.3 is 11.7 Å². The molecule has 2 N–H and O–H groups in total. The lowest BCUT2D eigenvalue weighted by Crippen LogP contribution is -2.42. The third-order valence-corrected chi connectivity index (χ3v) is 3.01. The van der Waals surface area contributed by atoms with Crippen LogP contribution < -0.4 is 0 Å². The molecule has 1 fully saturated rings. The summed E-state index contributed by atoms with van der Waals surface area (Å²) in [5.74, 6) is -1.76. The van der Waals surface area contributed by atoms with Crippen LogP contribution in [0, 0.1) is 10.1 Å². The van der Waals surface area contributed by atoms with E-state index >= 15 is 0 Å². The summed E-state index contributed by atoms with van der Waals surface area (Å²) in [7, 11) is 0. The van der Waals surface area contributed by atoms with Crippen LogP contribution in [0.15, 0.2) is 12.4 Å². The summed E-state index contributed by atoms with van der Waals surface area (Å²) in [6, 6.07) is -1.08. The van der Waals surface area contributed by atoms with Crippen molar-refractivity contribution in [1.82, 2.24) is 14.7 Å². The van der Waals surface area contributed by atoms with E-state index in [1.807, 2.05) is 0 Å². The predicted molar refractivity (Wildman–Crippen MR) is 62.6 cm³/mol. The van der Waals surface area contributed by atoms with E-state index in [1.165, 1.54) is 0 Å². The molecule has 20 heavy (non-hydrogen) atoms. The number of aliphatic hydroxyl groups excluding tert-OH is 1. The van der Waals surface area contributed by atoms with Gasteiger partial charge in [-0.25, -0.2) is 4.79 Å². The van der Waals surface area contributed by atoms with Crippen LogP contribution in [-0.2, 0) is 16.1 Å². The molecule has 0 aliphatic carbocycles. The molecule has 0 aromatic carbocycles. The molecule has 10 heteroatoms. The Balaban J connectivity index is 2.07. The highest BCUT2D eigenvalue weighted by molar-refractivity contribution is 5.84. The topological polar surface area (TPSA) is 139 Å². The molecule has 0 spiro atoms. The lowest BCUT2D eigenvalue weighted by molar-refractivity contribution is -0.385. The number of aliphatic hydroxyl groups is 1. The zero-order valence-electron chi connectivity index (χ0n) is 10.2. The van der Waals surface area contributed by atoms with E-state index in [1.54, 1.807) is 0 Å². The van der Waals surface area contributed by atoms with Gasteiger partial charge in [0.05, 0.1) is 11.0 Å².